The molecule has 0 unspecified atom stereocenters. The van der Waals surface area contributed by atoms with Crippen LogP contribution in [0.25, 0.3) is 0 Å². The highest BCUT2D eigenvalue weighted by Crippen LogP contribution is 2.33. The molecular weight excluding hydrogens is 304 g/mol. The topological polar surface area (TPSA) is 58.9 Å². The number of hydrogen-bond acceptors (Lipinski definition) is 4. The SMILES string of the molecule is CC(C)(C)CC(C)(C)OO.CC(C)c1cccc(OO)c1C(C)C. The quantitative estimate of drug-likeness (QED) is 0.476. The Balaban J connectivity index is 0.000000470. The molecule has 0 fully saturated rings. The van der Waals surface area contributed by atoms with Crippen LogP contribution in [0.3, 0.4) is 0 Å². The van der Waals surface area contributed by atoms with Crippen molar-refractivity contribution in [3.05, 3.63) is 29.3 Å². The molecule has 24 heavy (non-hydrogen) atoms. The largest absolute Gasteiger partial charge is 0.340 e. The van der Waals surface area contributed by atoms with E-state index < -0.39 is 5.60 Å². The molecule has 140 valence electrons. The van der Waals surface area contributed by atoms with Crippen molar-refractivity contribution in [3.8, 4) is 5.75 Å². The van der Waals surface area contributed by atoms with Crippen LogP contribution in [0.2, 0.25) is 0 Å². The summed E-state index contributed by atoms with van der Waals surface area (Å²) in [6, 6.07) is 5.79. The van der Waals surface area contributed by atoms with Gasteiger partial charge in [-0.2, -0.15) is 0 Å². The lowest BCUT2D eigenvalue weighted by atomic mass is 9.84. The van der Waals surface area contributed by atoms with Crippen molar-refractivity contribution in [3.63, 3.8) is 0 Å². The number of hydrogen-bond donors (Lipinski definition) is 2. The van der Waals surface area contributed by atoms with E-state index in [9.17, 15) is 0 Å². The second kappa shape index (κ2) is 9.40. The van der Waals surface area contributed by atoms with E-state index in [1.54, 1.807) is 6.07 Å². The molecule has 0 aromatic heterocycles. The van der Waals surface area contributed by atoms with Gasteiger partial charge in [-0.05, 0) is 49.1 Å². The molecule has 0 aliphatic carbocycles. The van der Waals surface area contributed by atoms with Gasteiger partial charge >= 0.3 is 0 Å². The second-order valence-corrected chi connectivity index (χ2v) is 8.75. The van der Waals surface area contributed by atoms with Crippen molar-refractivity contribution in [1.29, 1.82) is 0 Å². The third-order valence-corrected chi connectivity index (χ3v) is 3.60. The second-order valence-electron chi connectivity index (χ2n) is 8.75. The monoisotopic (exact) mass is 340 g/mol. The summed E-state index contributed by atoms with van der Waals surface area (Å²) in [6.07, 6.45) is 0.844. The normalized spacial score (nSPS) is 12.2. The van der Waals surface area contributed by atoms with Crippen LogP contribution in [0.4, 0.5) is 0 Å². The van der Waals surface area contributed by atoms with Crippen LogP contribution in [0.5, 0.6) is 5.75 Å². The van der Waals surface area contributed by atoms with Crippen LogP contribution in [0.1, 0.15) is 91.7 Å². The summed E-state index contributed by atoms with van der Waals surface area (Å²) in [7, 11) is 0. The molecule has 1 aromatic rings. The molecule has 0 spiro atoms. The maximum atomic E-state index is 8.77. The Morgan fingerprint density at radius 1 is 0.917 bits per heavy atom. The van der Waals surface area contributed by atoms with Crippen molar-refractivity contribution in [2.75, 3.05) is 0 Å². The highest BCUT2D eigenvalue weighted by Gasteiger charge is 2.26. The zero-order valence-electron chi connectivity index (χ0n) is 16.8. The third kappa shape index (κ3) is 8.13. The fraction of sp³-hybridized carbons (Fsp3) is 0.700. The minimum absolute atomic E-state index is 0.201. The third-order valence-electron chi connectivity index (χ3n) is 3.60. The van der Waals surface area contributed by atoms with Crippen molar-refractivity contribution in [2.24, 2.45) is 5.41 Å². The van der Waals surface area contributed by atoms with Crippen molar-refractivity contribution < 1.29 is 20.3 Å². The van der Waals surface area contributed by atoms with Gasteiger partial charge in [0.2, 0.25) is 0 Å². The van der Waals surface area contributed by atoms with Gasteiger partial charge in [-0.1, -0.05) is 60.6 Å². The Bertz CT molecular complexity index is 485. The molecule has 0 bridgehead atoms. The smallest absolute Gasteiger partial charge is 0.168 e. The molecular formula is C20H36O4. The molecule has 0 saturated carbocycles. The predicted molar refractivity (Wildman–Crippen MR) is 99.7 cm³/mol. The first-order valence-electron chi connectivity index (χ1n) is 8.61. The van der Waals surface area contributed by atoms with Gasteiger partial charge in [0.25, 0.3) is 0 Å². The Labute approximate surface area is 147 Å². The fourth-order valence-electron chi connectivity index (χ4n) is 3.07. The summed E-state index contributed by atoms with van der Waals surface area (Å²) in [4.78, 5) is 8.71. The lowest BCUT2D eigenvalue weighted by molar-refractivity contribution is -0.318. The molecule has 1 rings (SSSR count). The number of rotatable bonds is 5. The van der Waals surface area contributed by atoms with Gasteiger partial charge in [-0.3, -0.25) is 5.26 Å². The molecule has 0 amide bonds. The molecule has 0 radical (unpaired) electrons. The number of benzene rings is 1. The highest BCUT2D eigenvalue weighted by atomic mass is 17.1. The van der Waals surface area contributed by atoms with Gasteiger partial charge in [0.15, 0.2) is 5.75 Å². The van der Waals surface area contributed by atoms with Gasteiger partial charge in [0, 0.05) is 5.56 Å². The Morgan fingerprint density at radius 2 is 1.46 bits per heavy atom. The minimum Gasteiger partial charge on any atom is -0.340 e. The fourth-order valence-corrected chi connectivity index (χ4v) is 3.07. The van der Waals surface area contributed by atoms with Crippen molar-refractivity contribution in [2.45, 2.75) is 86.2 Å². The molecule has 0 heterocycles. The summed E-state index contributed by atoms with van der Waals surface area (Å²) >= 11 is 0. The molecule has 1 aromatic carbocycles. The van der Waals surface area contributed by atoms with Crippen LogP contribution < -0.4 is 4.89 Å². The van der Waals surface area contributed by atoms with Gasteiger partial charge in [0.1, 0.15) is 0 Å². The van der Waals surface area contributed by atoms with Crippen molar-refractivity contribution in [1.82, 2.24) is 0 Å². The molecule has 0 saturated heterocycles. The van der Waals surface area contributed by atoms with Gasteiger partial charge in [-0.15, -0.1) is 0 Å². The van der Waals surface area contributed by atoms with Gasteiger partial charge < -0.3 is 4.89 Å². The zero-order chi connectivity index (χ0) is 19.1. The average molecular weight is 341 g/mol. The summed E-state index contributed by atoms with van der Waals surface area (Å²) < 4.78 is 0. The summed E-state index contributed by atoms with van der Waals surface area (Å²) in [5.74, 6) is 1.38. The first-order valence-corrected chi connectivity index (χ1v) is 8.61. The summed E-state index contributed by atoms with van der Waals surface area (Å²) in [6.45, 7) is 18.6. The maximum Gasteiger partial charge on any atom is 0.168 e. The lowest BCUT2D eigenvalue weighted by Crippen LogP contribution is -2.28. The van der Waals surface area contributed by atoms with E-state index in [0.717, 1.165) is 12.0 Å². The maximum absolute atomic E-state index is 8.77. The average Bonchev–Trinajstić information content (AvgIpc) is 2.44. The molecule has 4 heteroatoms. The Hall–Kier alpha value is -1.10. The predicted octanol–water partition coefficient (Wildman–Crippen LogP) is 6.48. The van der Waals surface area contributed by atoms with Crippen LogP contribution in [-0.4, -0.2) is 16.1 Å². The van der Waals surface area contributed by atoms with Crippen LogP contribution in [0.15, 0.2) is 18.2 Å². The summed E-state index contributed by atoms with van der Waals surface area (Å²) in [5.41, 5.74) is 2.13. The standard InChI is InChI=1S/C12H18O2.C8H18O2/c1-8(2)10-6-5-7-11(14-13)12(10)9(3)4;1-7(2,3)6-8(4,5)10-9/h5-9,13H,1-4H3;9H,6H2,1-5H3. The van der Waals surface area contributed by atoms with E-state index in [1.807, 2.05) is 19.9 Å². The minimum atomic E-state index is -0.418. The van der Waals surface area contributed by atoms with Gasteiger partial charge in [-0.25, -0.2) is 10.1 Å². The molecule has 4 nitrogen and oxygen atoms in total. The van der Waals surface area contributed by atoms with E-state index in [2.05, 4.69) is 64.3 Å². The molecule has 0 aliphatic heterocycles. The Morgan fingerprint density at radius 3 is 1.75 bits per heavy atom. The molecule has 2 N–H and O–H groups in total. The van der Waals surface area contributed by atoms with Crippen LogP contribution in [0, 0.1) is 5.41 Å². The van der Waals surface area contributed by atoms with E-state index in [-0.39, 0.29) is 5.41 Å². The Kier molecular flexibility index (Phi) is 8.97. The molecule has 0 atom stereocenters. The first-order chi connectivity index (χ1) is 10.8. The highest BCUT2D eigenvalue weighted by molar-refractivity contribution is 5.43. The van der Waals surface area contributed by atoms with Crippen molar-refractivity contribution >= 4 is 0 Å². The van der Waals surface area contributed by atoms with Crippen LogP contribution in [-0.2, 0) is 4.89 Å². The van der Waals surface area contributed by atoms with E-state index in [4.69, 9.17) is 10.5 Å². The molecule has 0 aliphatic rings. The van der Waals surface area contributed by atoms with E-state index in [0.29, 0.717) is 17.6 Å². The summed E-state index contributed by atoms with van der Waals surface area (Å²) in [5, 5.41) is 17.2. The van der Waals surface area contributed by atoms with Gasteiger partial charge in [0.05, 0.1) is 5.60 Å². The first kappa shape index (κ1) is 22.9. The zero-order valence-corrected chi connectivity index (χ0v) is 16.8. The van der Waals surface area contributed by atoms with E-state index in [1.165, 1.54) is 5.56 Å². The van der Waals surface area contributed by atoms with E-state index >= 15 is 0 Å². The van der Waals surface area contributed by atoms with Crippen LogP contribution >= 0.6 is 0 Å². The lowest BCUT2D eigenvalue weighted by Gasteiger charge is -2.29.